The summed E-state index contributed by atoms with van der Waals surface area (Å²) in [7, 11) is 1.53. The third-order valence-corrected chi connectivity index (χ3v) is 4.60. The maximum atomic E-state index is 12.8. The number of hydrogen-bond donors (Lipinski definition) is 1. The number of ether oxygens (including phenoxy) is 2. The second-order valence-electron chi connectivity index (χ2n) is 6.96. The highest BCUT2D eigenvalue weighted by atomic mass is 16.5. The van der Waals surface area contributed by atoms with Crippen LogP contribution in [0.2, 0.25) is 0 Å². The van der Waals surface area contributed by atoms with Crippen molar-refractivity contribution in [3.05, 3.63) is 65.5 Å². The molecule has 7 nitrogen and oxygen atoms in total. The van der Waals surface area contributed by atoms with Crippen LogP contribution in [0.1, 0.15) is 31.0 Å². The van der Waals surface area contributed by atoms with Gasteiger partial charge in [0.25, 0.3) is 11.7 Å². The van der Waals surface area contributed by atoms with Gasteiger partial charge >= 0.3 is 0 Å². The van der Waals surface area contributed by atoms with Crippen molar-refractivity contribution >= 4 is 17.4 Å². The van der Waals surface area contributed by atoms with E-state index in [1.807, 2.05) is 13.8 Å². The maximum absolute atomic E-state index is 12.8. The van der Waals surface area contributed by atoms with Crippen LogP contribution in [0.15, 0.2) is 54.4 Å². The molecule has 3 rings (SSSR count). The number of nitrogens with zero attached hydrogens (tertiary/aromatic N) is 2. The first-order valence-corrected chi connectivity index (χ1v) is 9.38. The zero-order valence-corrected chi connectivity index (χ0v) is 16.7. The average Bonchev–Trinajstić information content (AvgIpc) is 2.97. The molecule has 0 radical (unpaired) electrons. The number of aliphatic hydroxyl groups is 1. The molecule has 7 heteroatoms. The zero-order chi connectivity index (χ0) is 21.0. The Morgan fingerprint density at radius 1 is 1.14 bits per heavy atom. The predicted octanol–water partition coefficient (Wildman–Crippen LogP) is 2.94. The van der Waals surface area contributed by atoms with Gasteiger partial charge in [-0.3, -0.25) is 14.6 Å². The fourth-order valence-electron chi connectivity index (χ4n) is 3.31. The SMILES string of the molecule is COCCN1C(=O)C(=O)C(=C(O)c2ccc(OC(C)C)cc2)[C@H]1c1ccncc1. The van der Waals surface area contributed by atoms with E-state index in [4.69, 9.17) is 9.47 Å². The van der Waals surface area contributed by atoms with Crippen molar-refractivity contribution in [3.63, 3.8) is 0 Å². The first-order chi connectivity index (χ1) is 13.9. The molecule has 0 bridgehead atoms. The van der Waals surface area contributed by atoms with Gasteiger partial charge in [-0.2, -0.15) is 0 Å². The van der Waals surface area contributed by atoms with Crippen LogP contribution in [-0.4, -0.2) is 53.0 Å². The third-order valence-electron chi connectivity index (χ3n) is 4.60. The van der Waals surface area contributed by atoms with E-state index in [-0.39, 0.29) is 30.6 Å². The lowest BCUT2D eigenvalue weighted by Gasteiger charge is -2.24. The molecule has 1 fully saturated rings. The summed E-state index contributed by atoms with van der Waals surface area (Å²) in [5.74, 6) is -0.947. The molecule has 1 aromatic carbocycles. The number of aliphatic hydroxyl groups excluding tert-OH is 1. The number of pyridine rings is 1. The van der Waals surface area contributed by atoms with E-state index in [2.05, 4.69) is 4.98 Å². The fraction of sp³-hybridized carbons (Fsp3) is 0.318. The van der Waals surface area contributed by atoms with Crippen molar-refractivity contribution in [2.24, 2.45) is 0 Å². The van der Waals surface area contributed by atoms with E-state index >= 15 is 0 Å². The Morgan fingerprint density at radius 3 is 2.38 bits per heavy atom. The Morgan fingerprint density at radius 2 is 1.79 bits per heavy atom. The number of amides is 1. The minimum Gasteiger partial charge on any atom is -0.507 e. The quantitative estimate of drug-likeness (QED) is 0.440. The standard InChI is InChI=1S/C22H24N2O5/c1-14(2)29-17-6-4-16(5-7-17)20(25)18-19(15-8-10-23-11-9-15)24(12-13-28-3)22(27)21(18)26/h4-11,14,19,25H,12-13H2,1-3H3/t19-/m1/s1. The van der Waals surface area contributed by atoms with Crippen molar-refractivity contribution in [1.29, 1.82) is 0 Å². The molecule has 1 amide bonds. The second-order valence-corrected chi connectivity index (χ2v) is 6.96. The molecule has 1 aromatic heterocycles. The summed E-state index contributed by atoms with van der Waals surface area (Å²) in [6.07, 6.45) is 3.19. The molecule has 1 N–H and O–H groups in total. The number of Topliss-reactive ketones (excluding diaryl/α,β-unsaturated/α-hetero) is 1. The van der Waals surface area contributed by atoms with Gasteiger partial charge in [0, 0.05) is 31.6 Å². The van der Waals surface area contributed by atoms with Crippen LogP contribution in [0.3, 0.4) is 0 Å². The van der Waals surface area contributed by atoms with E-state index in [0.29, 0.717) is 16.9 Å². The number of benzene rings is 1. The highest BCUT2D eigenvalue weighted by Crippen LogP contribution is 2.39. The van der Waals surface area contributed by atoms with Gasteiger partial charge in [0.05, 0.1) is 24.3 Å². The Labute approximate surface area is 169 Å². The Hall–Kier alpha value is -3.19. The van der Waals surface area contributed by atoms with Gasteiger partial charge < -0.3 is 19.5 Å². The summed E-state index contributed by atoms with van der Waals surface area (Å²) in [5, 5.41) is 10.9. The first kappa shape index (κ1) is 20.5. The van der Waals surface area contributed by atoms with Crippen LogP contribution < -0.4 is 4.74 Å². The summed E-state index contributed by atoms with van der Waals surface area (Å²) >= 11 is 0. The van der Waals surface area contributed by atoms with Gasteiger partial charge in [-0.25, -0.2) is 0 Å². The summed E-state index contributed by atoms with van der Waals surface area (Å²) in [4.78, 5) is 30.9. The van der Waals surface area contributed by atoms with Crippen molar-refractivity contribution in [2.45, 2.75) is 26.0 Å². The molecule has 152 valence electrons. The van der Waals surface area contributed by atoms with Crippen LogP contribution in [0.5, 0.6) is 5.75 Å². The highest BCUT2D eigenvalue weighted by Gasteiger charge is 2.45. The van der Waals surface area contributed by atoms with Gasteiger partial charge in [-0.05, 0) is 55.8 Å². The second kappa shape index (κ2) is 8.87. The van der Waals surface area contributed by atoms with Crippen LogP contribution in [0, 0.1) is 0 Å². The average molecular weight is 396 g/mol. The summed E-state index contributed by atoms with van der Waals surface area (Å²) in [5.41, 5.74) is 1.18. The maximum Gasteiger partial charge on any atom is 0.295 e. The number of ketones is 1. The molecular formula is C22H24N2O5. The van der Waals surface area contributed by atoms with E-state index < -0.39 is 17.7 Å². The molecule has 0 aliphatic carbocycles. The number of likely N-dealkylation sites (tertiary alicyclic amines) is 1. The van der Waals surface area contributed by atoms with Crippen molar-refractivity contribution in [3.8, 4) is 5.75 Å². The van der Waals surface area contributed by atoms with Crippen molar-refractivity contribution < 1.29 is 24.2 Å². The van der Waals surface area contributed by atoms with Crippen LogP contribution >= 0.6 is 0 Å². The molecule has 2 aromatic rings. The highest BCUT2D eigenvalue weighted by molar-refractivity contribution is 6.46. The van der Waals surface area contributed by atoms with Gasteiger partial charge in [-0.15, -0.1) is 0 Å². The summed E-state index contributed by atoms with van der Waals surface area (Å²) in [6.45, 7) is 4.34. The van der Waals surface area contributed by atoms with Crippen LogP contribution in [-0.2, 0) is 14.3 Å². The third kappa shape index (κ3) is 4.30. The normalized spacial score (nSPS) is 18.5. The lowest BCUT2D eigenvalue weighted by molar-refractivity contribution is -0.140. The zero-order valence-electron chi connectivity index (χ0n) is 16.7. The lowest BCUT2D eigenvalue weighted by Crippen LogP contribution is -2.32. The number of carbonyl (C=O) groups is 2. The number of hydrogen-bond acceptors (Lipinski definition) is 6. The van der Waals surface area contributed by atoms with Gasteiger partial charge in [-0.1, -0.05) is 0 Å². The van der Waals surface area contributed by atoms with E-state index in [1.165, 1.54) is 12.0 Å². The Balaban J connectivity index is 2.05. The number of methoxy groups -OCH3 is 1. The van der Waals surface area contributed by atoms with Gasteiger partial charge in [0.1, 0.15) is 11.5 Å². The lowest BCUT2D eigenvalue weighted by atomic mass is 9.96. The predicted molar refractivity (Wildman–Crippen MR) is 107 cm³/mol. The fourth-order valence-corrected chi connectivity index (χ4v) is 3.31. The topological polar surface area (TPSA) is 89.0 Å². The molecule has 0 spiro atoms. The minimum absolute atomic E-state index is 0.0206. The van der Waals surface area contributed by atoms with Crippen molar-refractivity contribution in [1.82, 2.24) is 9.88 Å². The molecule has 2 heterocycles. The molecule has 1 aliphatic heterocycles. The monoisotopic (exact) mass is 396 g/mol. The molecule has 29 heavy (non-hydrogen) atoms. The molecule has 1 aliphatic rings. The molecule has 1 atom stereocenters. The Kier molecular flexibility index (Phi) is 6.29. The number of aromatic nitrogens is 1. The minimum atomic E-state index is -0.720. The largest absolute Gasteiger partial charge is 0.507 e. The molecule has 0 unspecified atom stereocenters. The molecule has 1 saturated heterocycles. The van der Waals surface area contributed by atoms with Gasteiger partial charge in [0.15, 0.2) is 0 Å². The summed E-state index contributed by atoms with van der Waals surface area (Å²) in [6, 6.07) is 9.51. The molecule has 0 saturated carbocycles. The number of carbonyl (C=O) groups excluding carboxylic acids is 2. The number of rotatable bonds is 7. The summed E-state index contributed by atoms with van der Waals surface area (Å²) < 4.78 is 10.7. The first-order valence-electron chi connectivity index (χ1n) is 9.38. The van der Waals surface area contributed by atoms with E-state index in [9.17, 15) is 14.7 Å². The Bertz CT molecular complexity index is 907. The van der Waals surface area contributed by atoms with Gasteiger partial charge in [0.2, 0.25) is 0 Å². The van der Waals surface area contributed by atoms with E-state index in [0.717, 1.165) is 0 Å². The van der Waals surface area contributed by atoms with Crippen molar-refractivity contribution in [2.75, 3.05) is 20.3 Å². The van der Waals surface area contributed by atoms with Crippen LogP contribution in [0.25, 0.3) is 5.76 Å². The van der Waals surface area contributed by atoms with Crippen LogP contribution in [0.4, 0.5) is 0 Å². The smallest absolute Gasteiger partial charge is 0.295 e. The molecular weight excluding hydrogens is 372 g/mol. The van der Waals surface area contributed by atoms with E-state index in [1.54, 1.807) is 48.8 Å².